The summed E-state index contributed by atoms with van der Waals surface area (Å²) in [5.41, 5.74) is 0.606. The molecule has 1 saturated heterocycles. The largest absolute Gasteiger partial charge is 0.368 e. The monoisotopic (exact) mass is 531 g/mol. The number of aromatic nitrogens is 4. The van der Waals surface area contributed by atoms with Crippen LogP contribution < -0.4 is 5.32 Å². The normalized spacial score (nSPS) is 19.8. The molecule has 2 fully saturated rings. The van der Waals surface area contributed by atoms with Crippen LogP contribution in [0.15, 0.2) is 36.7 Å². The van der Waals surface area contributed by atoms with Gasteiger partial charge in [-0.05, 0) is 37.1 Å². The second-order valence-corrected chi connectivity index (χ2v) is 10.5. The van der Waals surface area contributed by atoms with Crippen molar-refractivity contribution in [2.45, 2.75) is 49.7 Å². The van der Waals surface area contributed by atoms with E-state index in [4.69, 9.17) is 0 Å². The van der Waals surface area contributed by atoms with E-state index < -0.39 is 25.1 Å². The first kappa shape index (κ1) is 25.1. The van der Waals surface area contributed by atoms with Gasteiger partial charge in [-0.3, -0.25) is 14.6 Å². The van der Waals surface area contributed by atoms with Crippen molar-refractivity contribution in [1.82, 2.24) is 30.0 Å². The zero-order valence-electron chi connectivity index (χ0n) is 19.7. The van der Waals surface area contributed by atoms with Gasteiger partial charge >= 0.3 is 0 Å². The number of amides is 2. The van der Waals surface area contributed by atoms with Crippen LogP contribution in [0.1, 0.15) is 36.3 Å². The summed E-state index contributed by atoms with van der Waals surface area (Å²) in [6.45, 7) is -0.200. The molecule has 0 spiro atoms. The number of pyridine rings is 1. The maximum absolute atomic E-state index is 14.3. The summed E-state index contributed by atoms with van der Waals surface area (Å²) in [6.07, 6.45) is 5.01. The molecule has 2 aliphatic rings. The Morgan fingerprint density at radius 3 is 2.68 bits per heavy atom. The van der Waals surface area contributed by atoms with Crippen LogP contribution in [0.3, 0.4) is 0 Å². The first-order chi connectivity index (χ1) is 17.8. The number of nitrogens with one attached hydrogen (secondary N) is 1. The predicted molar refractivity (Wildman–Crippen MR) is 129 cm³/mol. The molecule has 2 amide bonds. The average Bonchev–Trinajstić information content (AvgIpc) is 3.46. The molecule has 1 aliphatic heterocycles. The third-order valence-corrected chi connectivity index (χ3v) is 7.89. The van der Waals surface area contributed by atoms with E-state index in [1.165, 1.54) is 22.3 Å². The number of alkyl halides is 2. The molecule has 3 aromatic rings. The van der Waals surface area contributed by atoms with E-state index in [0.29, 0.717) is 46.5 Å². The second-order valence-electron chi connectivity index (χ2n) is 9.35. The molecule has 5 rings (SSSR count). The lowest BCUT2D eigenvalue weighted by atomic mass is 9.66. The van der Waals surface area contributed by atoms with Crippen molar-refractivity contribution >= 4 is 30.0 Å². The van der Waals surface area contributed by atoms with Crippen LogP contribution in [0.25, 0.3) is 10.7 Å². The quantitative estimate of drug-likeness (QED) is 0.400. The van der Waals surface area contributed by atoms with E-state index >= 15 is 0 Å². The number of halogens is 3. The minimum atomic E-state index is -3.04. The number of anilines is 1. The maximum Gasteiger partial charge on any atom is 0.269 e. The molecule has 1 aliphatic carbocycles. The van der Waals surface area contributed by atoms with E-state index in [1.54, 1.807) is 30.6 Å². The molecule has 37 heavy (non-hydrogen) atoms. The Bertz CT molecular complexity index is 1270. The third-order valence-electron chi connectivity index (χ3n) is 6.89. The summed E-state index contributed by atoms with van der Waals surface area (Å²) in [4.78, 5) is 34.2. The number of carbonyl (C=O) groups excluding carboxylic acids is 2. The van der Waals surface area contributed by atoms with Crippen molar-refractivity contribution in [3.8, 4) is 10.7 Å². The number of nitrogens with zero attached hydrogens (tertiary/aromatic N) is 6. The van der Waals surface area contributed by atoms with Crippen molar-refractivity contribution < 1.29 is 22.8 Å². The van der Waals surface area contributed by atoms with Crippen LogP contribution in [0.4, 0.5) is 19.0 Å². The molecule has 9 nitrogen and oxygen atoms in total. The molecule has 3 aromatic heterocycles. The third kappa shape index (κ3) is 5.13. The minimum Gasteiger partial charge on any atom is -0.368 e. The highest BCUT2D eigenvalue weighted by Gasteiger charge is 2.47. The van der Waals surface area contributed by atoms with Crippen molar-refractivity contribution in [3.63, 3.8) is 0 Å². The highest BCUT2D eigenvalue weighted by atomic mass is 32.1. The Balaban J connectivity index is 1.23. The van der Waals surface area contributed by atoms with Gasteiger partial charge in [-0.15, -0.1) is 21.5 Å². The van der Waals surface area contributed by atoms with Crippen LogP contribution >= 0.6 is 11.3 Å². The van der Waals surface area contributed by atoms with Crippen molar-refractivity contribution in [2.75, 3.05) is 18.4 Å². The van der Waals surface area contributed by atoms with Crippen LogP contribution in [0.2, 0.25) is 0 Å². The van der Waals surface area contributed by atoms with Gasteiger partial charge in [-0.2, -0.15) is 0 Å². The Labute approximate surface area is 214 Å². The van der Waals surface area contributed by atoms with Crippen LogP contribution in [0, 0.1) is 5.82 Å². The maximum atomic E-state index is 14.3. The van der Waals surface area contributed by atoms with E-state index in [0.717, 1.165) is 24.2 Å². The van der Waals surface area contributed by atoms with Crippen LogP contribution in [-0.2, 0) is 21.5 Å². The molecule has 4 heterocycles. The molecule has 1 N–H and O–H groups in total. The number of hydrogen-bond donors (Lipinski definition) is 1. The summed E-state index contributed by atoms with van der Waals surface area (Å²) in [5.74, 6) is -2.81. The lowest BCUT2D eigenvalue weighted by Crippen LogP contribution is -2.42. The minimum absolute atomic E-state index is 0.0332. The van der Waals surface area contributed by atoms with Crippen LogP contribution in [-0.4, -0.2) is 68.0 Å². The number of rotatable bonds is 10. The fourth-order valence-corrected chi connectivity index (χ4v) is 5.69. The van der Waals surface area contributed by atoms with E-state index in [-0.39, 0.29) is 17.8 Å². The number of carbonyl (C=O) groups is 2. The number of thiazole rings is 1. The smallest absolute Gasteiger partial charge is 0.269 e. The van der Waals surface area contributed by atoms with Gasteiger partial charge in [0, 0.05) is 29.2 Å². The molecule has 1 saturated carbocycles. The topological polar surface area (TPSA) is 104 Å². The average molecular weight is 532 g/mol. The second kappa shape index (κ2) is 10.0. The summed E-state index contributed by atoms with van der Waals surface area (Å²) in [7, 11) is 0. The highest BCUT2D eigenvalue weighted by molar-refractivity contribution is 7.15. The fraction of sp³-hybridized carbons (Fsp3) is 0.417. The van der Waals surface area contributed by atoms with Gasteiger partial charge < -0.3 is 15.1 Å². The fourth-order valence-electron chi connectivity index (χ4n) is 4.81. The van der Waals surface area contributed by atoms with Crippen LogP contribution in [0.5, 0.6) is 0 Å². The lowest BCUT2D eigenvalue weighted by molar-refractivity contribution is -0.129. The SMILES string of the molecule is O=CN(Cc1cnc(-c2ccc(NCC3(c4ncccc4F)CCC3)nn2)s1)[C@H]1CC(F)(F)CN1C=O. The number of likely N-dealkylation sites (tertiary alicyclic amines) is 1. The molecule has 13 heteroatoms. The molecule has 194 valence electrons. The Kier molecular flexibility index (Phi) is 6.80. The molecule has 0 bridgehead atoms. The molecule has 0 aromatic carbocycles. The molecular weight excluding hydrogens is 507 g/mol. The number of hydrogen-bond acceptors (Lipinski definition) is 8. The lowest BCUT2D eigenvalue weighted by Gasteiger charge is -2.41. The Hall–Kier alpha value is -3.61. The Morgan fingerprint density at radius 1 is 1.19 bits per heavy atom. The van der Waals surface area contributed by atoms with Gasteiger partial charge in [-0.1, -0.05) is 6.42 Å². The van der Waals surface area contributed by atoms with Gasteiger partial charge in [0.1, 0.15) is 28.5 Å². The molecule has 0 radical (unpaired) electrons. The van der Waals surface area contributed by atoms with Gasteiger partial charge in [0.05, 0.1) is 25.2 Å². The highest BCUT2D eigenvalue weighted by Crippen LogP contribution is 2.43. The zero-order chi connectivity index (χ0) is 26.0. The van der Waals surface area contributed by atoms with E-state index in [2.05, 4.69) is 25.5 Å². The van der Waals surface area contributed by atoms with Gasteiger partial charge in [0.2, 0.25) is 12.8 Å². The van der Waals surface area contributed by atoms with Crippen molar-refractivity contribution in [1.29, 1.82) is 0 Å². The standard InChI is InChI=1S/C24H24F3N7O2S/c25-17-3-1-8-28-21(17)23(6-2-7-23)12-30-19-5-4-18(31-32-19)22-29-10-16(37-22)11-33(14-35)20-9-24(26,27)13-34(20)15-36/h1,3-5,8,10,14-15,20H,2,6-7,9,11-13H2,(H,30,32)/t20-/m1/s1. The molecular formula is C24H24F3N7O2S. The predicted octanol–water partition coefficient (Wildman–Crippen LogP) is 3.45. The van der Waals surface area contributed by atoms with E-state index in [9.17, 15) is 22.8 Å². The first-order valence-electron chi connectivity index (χ1n) is 11.8. The zero-order valence-corrected chi connectivity index (χ0v) is 20.5. The summed E-state index contributed by atoms with van der Waals surface area (Å²) in [5, 5.41) is 12.2. The van der Waals surface area contributed by atoms with Gasteiger partial charge in [-0.25, -0.2) is 18.2 Å². The Morgan fingerprint density at radius 2 is 2.03 bits per heavy atom. The summed E-state index contributed by atoms with van der Waals surface area (Å²) in [6, 6.07) is 6.51. The van der Waals surface area contributed by atoms with Crippen molar-refractivity contribution in [2.24, 2.45) is 0 Å². The van der Waals surface area contributed by atoms with Gasteiger partial charge in [0.25, 0.3) is 5.92 Å². The van der Waals surface area contributed by atoms with Crippen molar-refractivity contribution in [3.05, 3.63) is 53.0 Å². The molecule has 1 atom stereocenters. The van der Waals surface area contributed by atoms with Gasteiger partial charge in [0.15, 0.2) is 0 Å². The van der Waals surface area contributed by atoms with E-state index in [1.807, 2.05) is 0 Å². The first-order valence-corrected chi connectivity index (χ1v) is 12.6. The molecule has 0 unspecified atom stereocenters. The summed E-state index contributed by atoms with van der Waals surface area (Å²) >= 11 is 1.25. The summed E-state index contributed by atoms with van der Waals surface area (Å²) < 4.78 is 41.9.